The smallest absolute Gasteiger partial charge is 0.352 e. The van der Waals surface area contributed by atoms with Gasteiger partial charge < -0.3 is 14.2 Å². The van der Waals surface area contributed by atoms with Crippen LogP contribution in [0.15, 0.2) is 34.2 Å². The Morgan fingerprint density at radius 2 is 1.45 bits per heavy atom. The van der Waals surface area contributed by atoms with Gasteiger partial charge in [-0.2, -0.15) is 0 Å². The van der Waals surface area contributed by atoms with Crippen molar-refractivity contribution in [3.63, 3.8) is 0 Å². The molecule has 0 aliphatic carbocycles. The van der Waals surface area contributed by atoms with E-state index < -0.39 is 0 Å². The summed E-state index contributed by atoms with van der Waals surface area (Å²) in [4.78, 5) is 0. The molecule has 1 heterocycles. The topological polar surface area (TPSA) is 18.5 Å². The second-order valence-electron chi connectivity index (χ2n) is 8.81. The standard InChI is InChI=1S/C24H37FIO2.FH/c1-19-14-16-21(17-15-19)26-18-20(25)12-10-8-6-7-9-11-13-22-27-23(2,3)24(4,5)28-22;/h14-18,22H,6-13H2,1-5H3;1H/q+1;/p-1/b20-18+;. The van der Waals surface area contributed by atoms with E-state index in [0.29, 0.717) is 6.42 Å². The van der Waals surface area contributed by atoms with Crippen molar-refractivity contribution in [3.8, 4) is 0 Å². The molecule has 2 rings (SSSR count). The third kappa shape index (κ3) is 9.01. The minimum absolute atomic E-state index is 0. The molecule has 1 saturated heterocycles. The maximum atomic E-state index is 14.0. The monoisotopic (exact) mass is 522 g/mol. The van der Waals surface area contributed by atoms with Crippen LogP contribution in [0.5, 0.6) is 0 Å². The average Bonchev–Trinajstić information content (AvgIpc) is 2.83. The molecule has 0 spiro atoms. The number of hydrogen-bond acceptors (Lipinski definition) is 2. The fraction of sp³-hybridized carbons (Fsp3) is 0.667. The Hall–Kier alpha value is -0.530. The molecule has 0 amide bonds. The SMILES string of the molecule is Cc1ccc([I+]/C=C(/F)CCCCCCCCC2OC(C)(C)C(C)(C)O2)cc1.[F-]. The quantitative estimate of drug-likeness (QED) is 0.321. The molecule has 0 bridgehead atoms. The van der Waals surface area contributed by atoms with E-state index in [1.165, 1.54) is 28.4 Å². The zero-order chi connectivity index (χ0) is 20.6. The van der Waals surface area contributed by atoms with Crippen LogP contribution in [0.4, 0.5) is 4.39 Å². The van der Waals surface area contributed by atoms with E-state index in [1.807, 2.05) is 4.08 Å². The van der Waals surface area contributed by atoms with Gasteiger partial charge >= 0.3 is 21.2 Å². The van der Waals surface area contributed by atoms with E-state index in [-0.39, 0.29) is 49.2 Å². The molecule has 0 N–H and O–H groups in total. The normalized spacial score (nSPS) is 18.6. The van der Waals surface area contributed by atoms with Gasteiger partial charge in [0.15, 0.2) is 13.9 Å². The number of ether oxygens (including phenoxy) is 2. The lowest BCUT2D eigenvalue weighted by molar-refractivity contribution is -0.558. The molecule has 1 aromatic carbocycles. The molecule has 5 heteroatoms. The number of unbranched alkanes of at least 4 members (excludes halogenated alkanes) is 5. The third-order valence-electron chi connectivity index (χ3n) is 5.72. The van der Waals surface area contributed by atoms with Crippen molar-refractivity contribution in [3.05, 3.63) is 43.3 Å². The van der Waals surface area contributed by atoms with Crippen LogP contribution in [0.2, 0.25) is 0 Å². The molecule has 0 saturated carbocycles. The summed E-state index contributed by atoms with van der Waals surface area (Å²) in [6, 6.07) is 8.45. The zero-order valence-electron chi connectivity index (χ0n) is 18.6. The summed E-state index contributed by atoms with van der Waals surface area (Å²) in [5.41, 5.74) is 0.807. The highest BCUT2D eigenvalue weighted by Gasteiger charge is 2.48. The number of rotatable bonds is 11. The van der Waals surface area contributed by atoms with E-state index in [9.17, 15) is 4.39 Å². The van der Waals surface area contributed by atoms with Crippen LogP contribution in [-0.2, 0) is 9.47 Å². The number of allylic oxidation sites excluding steroid dienone is 1. The largest absolute Gasteiger partial charge is 1.00 e. The van der Waals surface area contributed by atoms with Crippen molar-refractivity contribution in [1.82, 2.24) is 0 Å². The Kier molecular flexibility index (Phi) is 11.3. The summed E-state index contributed by atoms with van der Waals surface area (Å²) >= 11 is -0.341. The first-order chi connectivity index (χ1) is 13.2. The third-order valence-corrected chi connectivity index (χ3v) is 8.14. The Labute approximate surface area is 186 Å². The Bertz CT molecular complexity index is 610. The molecule has 1 aliphatic heterocycles. The van der Waals surface area contributed by atoms with Crippen LogP contribution in [0.3, 0.4) is 0 Å². The molecular formula is C24H37F2IO2. The summed E-state index contributed by atoms with van der Waals surface area (Å²) < 4.78 is 29.1. The second-order valence-corrected chi connectivity index (χ2v) is 11.3. The molecule has 166 valence electrons. The Balaban J connectivity index is 0.00000420. The predicted molar refractivity (Wildman–Crippen MR) is 110 cm³/mol. The van der Waals surface area contributed by atoms with Gasteiger partial charge in [-0.25, -0.2) is 4.39 Å². The van der Waals surface area contributed by atoms with E-state index >= 15 is 0 Å². The molecular weight excluding hydrogens is 485 g/mol. The van der Waals surface area contributed by atoms with Gasteiger partial charge in [-0.05, 0) is 66.0 Å². The molecule has 0 atom stereocenters. The number of benzene rings is 1. The van der Waals surface area contributed by atoms with Crippen LogP contribution in [0, 0.1) is 10.5 Å². The second kappa shape index (κ2) is 12.4. The first kappa shape index (κ1) is 26.5. The molecule has 0 aromatic heterocycles. The summed E-state index contributed by atoms with van der Waals surface area (Å²) in [6.45, 7) is 10.5. The predicted octanol–water partition coefficient (Wildman–Crippen LogP) is 1.12. The van der Waals surface area contributed by atoms with Gasteiger partial charge in [0.1, 0.15) is 5.83 Å². The van der Waals surface area contributed by atoms with Gasteiger partial charge in [-0.15, -0.1) is 0 Å². The Morgan fingerprint density at radius 3 is 2.03 bits per heavy atom. The first-order valence-corrected chi connectivity index (χ1v) is 12.9. The van der Waals surface area contributed by atoms with Crippen molar-refractivity contribution >= 4 is 0 Å². The van der Waals surface area contributed by atoms with Gasteiger partial charge in [-0.1, -0.05) is 43.4 Å². The molecule has 0 radical (unpaired) electrons. The zero-order valence-corrected chi connectivity index (χ0v) is 20.7. The van der Waals surface area contributed by atoms with Gasteiger partial charge in [0.05, 0.1) is 11.2 Å². The van der Waals surface area contributed by atoms with Crippen LogP contribution >= 0.6 is 0 Å². The Morgan fingerprint density at radius 1 is 0.931 bits per heavy atom. The molecule has 29 heavy (non-hydrogen) atoms. The highest BCUT2D eigenvalue weighted by Crippen LogP contribution is 2.39. The van der Waals surface area contributed by atoms with Crippen LogP contribution in [0.1, 0.15) is 84.6 Å². The molecule has 2 nitrogen and oxygen atoms in total. The van der Waals surface area contributed by atoms with Gasteiger partial charge in [0.25, 0.3) is 0 Å². The van der Waals surface area contributed by atoms with Crippen LogP contribution < -0.4 is 25.9 Å². The maximum absolute atomic E-state index is 14.0. The summed E-state index contributed by atoms with van der Waals surface area (Å²) in [7, 11) is 0. The number of halogens is 3. The molecule has 1 aromatic rings. The fourth-order valence-corrected chi connectivity index (χ4v) is 4.96. The lowest BCUT2D eigenvalue weighted by Crippen LogP contribution is -3.59. The van der Waals surface area contributed by atoms with Crippen molar-refractivity contribution < 1.29 is 39.8 Å². The average molecular weight is 522 g/mol. The maximum Gasteiger partial charge on any atom is 0.352 e. The van der Waals surface area contributed by atoms with Crippen molar-refractivity contribution in [2.75, 3.05) is 0 Å². The lowest BCUT2D eigenvalue weighted by atomic mass is 9.90. The molecule has 1 fully saturated rings. The van der Waals surface area contributed by atoms with Gasteiger partial charge in [-0.3, -0.25) is 0 Å². The highest BCUT2D eigenvalue weighted by atomic mass is 127. The summed E-state index contributed by atoms with van der Waals surface area (Å²) in [5.74, 6) is 0.0779. The van der Waals surface area contributed by atoms with Gasteiger partial charge in [0, 0.05) is 6.42 Å². The van der Waals surface area contributed by atoms with E-state index in [1.54, 1.807) is 0 Å². The molecule has 0 unspecified atom stereocenters. The van der Waals surface area contributed by atoms with E-state index in [4.69, 9.17) is 9.47 Å². The van der Waals surface area contributed by atoms with Crippen molar-refractivity contribution in [2.24, 2.45) is 0 Å². The summed E-state index contributed by atoms with van der Waals surface area (Å²) in [6.07, 6.45) is 8.28. The minimum Gasteiger partial charge on any atom is -1.00 e. The summed E-state index contributed by atoms with van der Waals surface area (Å²) in [5, 5.41) is 0. The lowest BCUT2D eigenvalue weighted by Gasteiger charge is -2.30. The van der Waals surface area contributed by atoms with Gasteiger partial charge in [0.2, 0.25) is 0 Å². The van der Waals surface area contributed by atoms with Crippen molar-refractivity contribution in [1.29, 1.82) is 0 Å². The highest BCUT2D eigenvalue weighted by molar-refractivity contribution is 5.11. The van der Waals surface area contributed by atoms with Crippen molar-refractivity contribution in [2.45, 2.75) is 103 Å². The fourth-order valence-electron chi connectivity index (χ4n) is 3.18. The number of hydrogen-bond donors (Lipinski definition) is 0. The van der Waals surface area contributed by atoms with E-state index in [0.717, 1.165) is 25.7 Å². The van der Waals surface area contributed by atoms with Crippen LogP contribution in [0.25, 0.3) is 0 Å². The molecule has 1 aliphatic rings. The number of aryl methyl sites for hydroxylation is 1. The first-order valence-electron chi connectivity index (χ1n) is 10.6. The minimum atomic E-state index is -0.341. The van der Waals surface area contributed by atoms with Crippen LogP contribution in [-0.4, -0.2) is 17.5 Å². The van der Waals surface area contributed by atoms with E-state index in [2.05, 4.69) is 58.9 Å².